The lowest BCUT2D eigenvalue weighted by atomic mass is 9.97. The van der Waals surface area contributed by atoms with Gasteiger partial charge >= 0.3 is 0 Å². The van der Waals surface area contributed by atoms with Crippen molar-refractivity contribution in [2.45, 2.75) is 51.2 Å². The van der Waals surface area contributed by atoms with Crippen molar-refractivity contribution in [3.8, 4) is 0 Å². The first-order valence-corrected chi connectivity index (χ1v) is 6.67. The molecule has 3 amide bonds. The van der Waals surface area contributed by atoms with Crippen molar-refractivity contribution in [2.75, 3.05) is 13.2 Å². The molecule has 2 fully saturated rings. The van der Waals surface area contributed by atoms with Gasteiger partial charge in [0.05, 0.1) is 6.10 Å². The van der Waals surface area contributed by atoms with Gasteiger partial charge in [0.2, 0.25) is 11.8 Å². The van der Waals surface area contributed by atoms with E-state index < -0.39 is 17.4 Å². The van der Waals surface area contributed by atoms with Gasteiger partial charge in [0.25, 0.3) is 5.91 Å². The van der Waals surface area contributed by atoms with Crippen molar-refractivity contribution in [1.82, 2.24) is 10.2 Å². The molecule has 1 N–H and O–H groups in total. The van der Waals surface area contributed by atoms with E-state index in [1.54, 1.807) is 13.8 Å². The van der Waals surface area contributed by atoms with Crippen LogP contribution in [0.3, 0.4) is 0 Å². The average Bonchev–Trinajstić information content (AvgIpc) is 2.84. The number of ether oxygens (including phenoxy) is 1. The minimum atomic E-state index is -0.971. The Bertz CT molecular complexity index is 399. The number of imide groups is 1. The van der Waals surface area contributed by atoms with Crippen LogP contribution in [0, 0.1) is 0 Å². The number of nitrogens with zero attached hydrogens (tertiary/aromatic N) is 1. The van der Waals surface area contributed by atoms with Crippen LogP contribution in [0.1, 0.15) is 39.5 Å². The summed E-state index contributed by atoms with van der Waals surface area (Å²) in [6.07, 6.45) is 3.13. The second kappa shape index (κ2) is 5.28. The minimum absolute atomic E-state index is 0.0525. The Balaban J connectivity index is 1.95. The largest absolute Gasteiger partial charge is 0.378 e. The van der Waals surface area contributed by atoms with E-state index in [-0.39, 0.29) is 18.6 Å². The lowest BCUT2D eigenvalue weighted by Crippen LogP contribution is -2.65. The van der Waals surface area contributed by atoms with Gasteiger partial charge < -0.3 is 9.64 Å². The molecular weight excluding hydrogens is 248 g/mol. The van der Waals surface area contributed by atoms with Crippen molar-refractivity contribution in [2.24, 2.45) is 0 Å². The third kappa shape index (κ3) is 2.94. The second-order valence-corrected chi connectivity index (χ2v) is 5.59. The van der Waals surface area contributed by atoms with Crippen molar-refractivity contribution in [1.29, 1.82) is 0 Å². The Morgan fingerprint density at radius 2 is 2.21 bits per heavy atom. The Morgan fingerprint density at radius 3 is 2.84 bits per heavy atom. The smallest absolute Gasteiger partial charge is 0.252 e. The summed E-state index contributed by atoms with van der Waals surface area (Å²) in [5, 5.41) is 2.26. The highest BCUT2D eigenvalue weighted by molar-refractivity contribution is 6.06. The number of amides is 3. The average molecular weight is 268 g/mol. The summed E-state index contributed by atoms with van der Waals surface area (Å²) < 4.78 is 5.47. The van der Waals surface area contributed by atoms with Gasteiger partial charge in [-0.2, -0.15) is 0 Å². The molecule has 0 radical (unpaired) electrons. The number of piperazine rings is 1. The van der Waals surface area contributed by atoms with Crippen molar-refractivity contribution in [3.63, 3.8) is 0 Å². The molecule has 0 aliphatic carbocycles. The zero-order valence-electron chi connectivity index (χ0n) is 11.4. The molecule has 6 heteroatoms. The molecule has 2 saturated heterocycles. The number of carbonyl (C=O) groups excluding carboxylic acids is 3. The van der Waals surface area contributed by atoms with Gasteiger partial charge in [-0.3, -0.25) is 19.7 Å². The quantitative estimate of drug-likeness (QED) is 0.742. The van der Waals surface area contributed by atoms with E-state index in [0.29, 0.717) is 12.8 Å². The predicted molar refractivity (Wildman–Crippen MR) is 67.1 cm³/mol. The molecule has 2 rings (SSSR count). The fraction of sp³-hybridized carbons (Fsp3) is 0.769. The maximum atomic E-state index is 12.2. The lowest BCUT2D eigenvalue weighted by molar-refractivity contribution is -0.155. The summed E-state index contributed by atoms with van der Waals surface area (Å²) in [6.45, 7) is 4.01. The highest BCUT2D eigenvalue weighted by atomic mass is 16.5. The molecule has 0 aromatic heterocycles. The van der Waals surface area contributed by atoms with E-state index in [1.807, 2.05) is 0 Å². The van der Waals surface area contributed by atoms with Gasteiger partial charge in [0.1, 0.15) is 12.1 Å². The molecule has 0 aromatic carbocycles. The van der Waals surface area contributed by atoms with Crippen molar-refractivity contribution < 1.29 is 19.1 Å². The summed E-state index contributed by atoms with van der Waals surface area (Å²) in [6, 6.07) is 0. The van der Waals surface area contributed by atoms with Crippen LogP contribution in [0.5, 0.6) is 0 Å². The molecule has 19 heavy (non-hydrogen) atoms. The zero-order chi connectivity index (χ0) is 14.0. The summed E-state index contributed by atoms with van der Waals surface area (Å²) in [5.41, 5.74) is -0.971. The Hall–Kier alpha value is -1.43. The number of hydrogen-bond acceptors (Lipinski definition) is 4. The van der Waals surface area contributed by atoms with Crippen LogP contribution in [0.25, 0.3) is 0 Å². The number of nitrogens with one attached hydrogen (secondary N) is 1. The van der Waals surface area contributed by atoms with Crippen LogP contribution in [0.15, 0.2) is 0 Å². The van der Waals surface area contributed by atoms with Crippen LogP contribution in [-0.4, -0.2) is 47.4 Å². The van der Waals surface area contributed by atoms with E-state index in [2.05, 4.69) is 5.32 Å². The molecule has 0 spiro atoms. The van der Waals surface area contributed by atoms with Crippen molar-refractivity contribution >= 4 is 17.7 Å². The van der Waals surface area contributed by atoms with E-state index in [0.717, 1.165) is 19.4 Å². The second-order valence-electron chi connectivity index (χ2n) is 5.59. The normalized spacial score (nSPS) is 26.4. The van der Waals surface area contributed by atoms with E-state index in [1.165, 1.54) is 4.90 Å². The lowest BCUT2D eigenvalue weighted by Gasteiger charge is -2.40. The number of hydrogen-bond donors (Lipinski definition) is 1. The fourth-order valence-electron chi connectivity index (χ4n) is 2.47. The van der Waals surface area contributed by atoms with Crippen LogP contribution < -0.4 is 5.32 Å². The molecule has 0 saturated carbocycles. The molecule has 2 heterocycles. The van der Waals surface area contributed by atoms with Gasteiger partial charge in [-0.15, -0.1) is 0 Å². The first kappa shape index (κ1) is 14.0. The number of rotatable bonds is 3. The highest BCUT2D eigenvalue weighted by Gasteiger charge is 2.43. The molecule has 2 aliphatic heterocycles. The topological polar surface area (TPSA) is 75.7 Å². The first-order valence-electron chi connectivity index (χ1n) is 6.67. The maximum Gasteiger partial charge on any atom is 0.252 e. The monoisotopic (exact) mass is 268 g/mol. The maximum absolute atomic E-state index is 12.2. The van der Waals surface area contributed by atoms with Crippen LogP contribution >= 0.6 is 0 Å². The SMILES string of the molecule is CC1(C)C(=O)NC(=O)CN1C(=O)CCC1CCCO1. The molecule has 0 bridgehead atoms. The summed E-state index contributed by atoms with van der Waals surface area (Å²) >= 11 is 0. The van der Waals surface area contributed by atoms with Crippen LogP contribution in [-0.2, 0) is 19.1 Å². The molecule has 0 aromatic rings. The van der Waals surface area contributed by atoms with Gasteiger partial charge in [-0.05, 0) is 33.1 Å². The van der Waals surface area contributed by atoms with Crippen LogP contribution in [0.2, 0.25) is 0 Å². The van der Waals surface area contributed by atoms with E-state index in [9.17, 15) is 14.4 Å². The Kier molecular flexibility index (Phi) is 3.89. The fourth-order valence-corrected chi connectivity index (χ4v) is 2.47. The van der Waals surface area contributed by atoms with Gasteiger partial charge in [0.15, 0.2) is 0 Å². The predicted octanol–water partition coefficient (Wildman–Crippen LogP) is 0.209. The summed E-state index contributed by atoms with van der Waals surface area (Å²) in [4.78, 5) is 36.7. The summed E-state index contributed by atoms with van der Waals surface area (Å²) in [7, 11) is 0. The molecule has 1 atom stereocenters. The van der Waals surface area contributed by atoms with Crippen LogP contribution in [0.4, 0.5) is 0 Å². The van der Waals surface area contributed by atoms with E-state index in [4.69, 9.17) is 4.74 Å². The standard InChI is InChI=1S/C13H20N2O4/c1-13(2)12(18)14-10(16)8-15(13)11(17)6-5-9-4-3-7-19-9/h9H,3-8H2,1-2H3,(H,14,16,18). The van der Waals surface area contributed by atoms with E-state index >= 15 is 0 Å². The molecule has 1 unspecified atom stereocenters. The Morgan fingerprint density at radius 1 is 1.47 bits per heavy atom. The highest BCUT2D eigenvalue weighted by Crippen LogP contribution is 2.22. The molecular formula is C13H20N2O4. The molecule has 6 nitrogen and oxygen atoms in total. The third-order valence-corrected chi connectivity index (χ3v) is 3.79. The van der Waals surface area contributed by atoms with Gasteiger partial charge in [-0.25, -0.2) is 0 Å². The zero-order valence-corrected chi connectivity index (χ0v) is 11.4. The van der Waals surface area contributed by atoms with Gasteiger partial charge in [-0.1, -0.05) is 0 Å². The Labute approximate surface area is 112 Å². The minimum Gasteiger partial charge on any atom is -0.378 e. The first-order chi connectivity index (χ1) is 8.91. The summed E-state index contributed by atoms with van der Waals surface area (Å²) in [5.74, 6) is -1.01. The third-order valence-electron chi connectivity index (χ3n) is 3.79. The van der Waals surface area contributed by atoms with Gasteiger partial charge in [0, 0.05) is 13.0 Å². The number of carbonyl (C=O) groups is 3. The molecule has 2 aliphatic rings. The van der Waals surface area contributed by atoms with Crippen molar-refractivity contribution in [3.05, 3.63) is 0 Å². The molecule has 106 valence electrons.